The van der Waals surface area contributed by atoms with E-state index in [4.69, 9.17) is 0 Å². The van der Waals surface area contributed by atoms with Gasteiger partial charge in [-0.15, -0.1) is 10.2 Å². The zero-order chi connectivity index (χ0) is 13.1. The van der Waals surface area contributed by atoms with E-state index < -0.39 is 0 Å². The second-order valence-corrected chi connectivity index (χ2v) is 4.24. The summed E-state index contributed by atoms with van der Waals surface area (Å²) >= 11 is 0. The summed E-state index contributed by atoms with van der Waals surface area (Å²) in [6.45, 7) is 0.689. The van der Waals surface area contributed by atoms with Gasteiger partial charge in [-0.25, -0.2) is 4.98 Å². The molecule has 19 heavy (non-hydrogen) atoms. The van der Waals surface area contributed by atoms with E-state index in [0.29, 0.717) is 6.54 Å². The first kappa shape index (κ1) is 11.5. The number of para-hydroxylation sites is 1. The van der Waals surface area contributed by atoms with Crippen molar-refractivity contribution in [1.29, 1.82) is 0 Å². The molecule has 0 bridgehead atoms. The Balaban J connectivity index is 1.88. The van der Waals surface area contributed by atoms with E-state index in [1.54, 1.807) is 18.9 Å². The van der Waals surface area contributed by atoms with E-state index in [0.717, 1.165) is 22.8 Å². The average Bonchev–Trinajstić information content (AvgIpc) is 3.08. The number of anilines is 1. The molecule has 0 fully saturated rings. The van der Waals surface area contributed by atoms with Gasteiger partial charge in [-0.05, 0) is 12.1 Å². The molecule has 0 unspecified atom stereocenters. The zero-order valence-corrected chi connectivity index (χ0v) is 10.5. The van der Waals surface area contributed by atoms with E-state index in [9.17, 15) is 0 Å². The second kappa shape index (κ2) is 4.93. The van der Waals surface area contributed by atoms with Crippen molar-refractivity contribution in [3.63, 3.8) is 0 Å². The Morgan fingerprint density at radius 2 is 2.21 bits per heavy atom. The highest BCUT2D eigenvalue weighted by Crippen LogP contribution is 2.25. The van der Waals surface area contributed by atoms with Gasteiger partial charge in [0.2, 0.25) is 0 Å². The van der Waals surface area contributed by atoms with Gasteiger partial charge in [0.05, 0.1) is 18.6 Å². The van der Waals surface area contributed by atoms with Gasteiger partial charge >= 0.3 is 0 Å². The monoisotopic (exact) mass is 254 g/mol. The first-order chi connectivity index (χ1) is 9.34. The van der Waals surface area contributed by atoms with Crippen molar-refractivity contribution in [3.8, 4) is 11.4 Å². The molecule has 6 nitrogen and oxygen atoms in total. The molecule has 3 aromatic rings. The normalized spacial score (nSPS) is 10.6. The van der Waals surface area contributed by atoms with Gasteiger partial charge in [-0.2, -0.15) is 0 Å². The Morgan fingerprint density at radius 1 is 1.32 bits per heavy atom. The van der Waals surface area contributed by atoms with E-state index in [1.807, 2.05) is 35.9 Å². The largest absolute Gasteiger partial charge is 0.379 e. The molecule has 0 aliphatic carbocycles. The number of aromatic nitrogens is 5. The summed E-state index contributed by atoms with van der Waals surface area (Å²) in [5, 5.41) is 11.4. The minimum absolute atomic E-state index is 0.689. The lowest BCUT2D eigenvalue weighted by molar-refractivity contribution is 0.919. The maximum Gasteiger partial charge on any atom is 0.165 e. The van der Waals surface area contributed by atoms with Crippen molar-refractivity contribution in [1.82, 2.24) is 24.7 Å². The van der Waals surface area contributed by atoms with Gasteiger partial charge in [-0.3, -0.25) is 0 Å². The van der Waals surface area contributed by atoms with Gasteiger partial charge < -0.3 is 14.9 Å². The van der Waals surface area contributed by atoms with E-state index in [1.165, 1.54) is 0 Å². The predicted molar refractivity (Wildman–Crippen MR) is 72.4 cm³/mol. The fourth-order valence-corrected chi connectivity index (χ4v) is 1.93. The first-order valence-corrected chi connectivity index (χ1v) is 5.99. The Labute approximate surface area is 110 Å². The van der Waals surface area contributed by atoms with Crippen LogP contribution < -0.4 is 5.32 Å². The van der Waals surface area contributed by atoms with Crippen LogP contribution in [-0.4, -0.2) is 24.7 Å². The van der Waals surface area contributed by atoms with Crippen LogP contribution in [0.25, 0.3) is 11.4 Å². The molecule has 96 valence electrons. The van der Waals surface area contributed by atoms with Gasteiger partial charge in [0, 0.05) is 24.5 Å². The van der Waals surface area contributed by atoms with Gasteiger partial charge in [0.25, 0.3) is 0 Å². The summed E-state index contributed by atoms with van der Waals surface area (Å²) in [7, 11) is 1.93. The van der Waals surface area contributed by atoms with E-state index in [2.05, 4.69) is 25.5 Å². The molecule has 0 aliphatic heterocycles. The molecule has 3 rings (SSSR count). The number of benzene rings is 1. The molecule has 0 radical (unpaired) electrons. The summed E-state index contributed by atoms with van der Waals surface area (Å²) in [4.78, 5) is 7.07. The van der Waals surface area contributed by atoms with Gasteiger partial charge in [-0.1, -0.05) is 12.1 Å². The van der Waals surface area contributed by atoms with E-state index >= 15 is 0 Å². The molecular weight excluding hydrogens is 240 g/mol. The molecule has 0 spiro atoms. The van der Waals surface area contributed by atoms with Gasteiger partial charge in [0.1, 0.15) is 6.33 Å². The highest BCUT2D eigenvalue weighted by molar-refractivity contribution is 5.73. The number of imidazole rings is 1. The number of aryl methyl sites for hydroxylation is 1. The third-order valence-electron chi connectivity index (χ3n) is 2.90. The average molecular weight is 254 g/mol. The Kier molecular flexibility index (Phi) is 2.97. The SMILES string of the molecule is Cn1cnnc1-c1ccccc1NCc1cnc[nH]1. The topological polar surface area (TPSA) is 71.4 Å². The van der Waals surface area contributed by atoms with Crippen LogP contribution in [-0.2, 0) is 13.6 Å². The molecule has 0 atom stereocenters. The van der Waals surface area contributed by atoms with Crippen molar-refractivity contribution in [3.05, 3.63) is 48.8 Å². The predicted octanol–water partition coefficient (Wildman–Crippen LogP) is 1.82. The summed E-state index contributed by atoms with van der Waals surface area (Å²) < 4.78 is 1.90. The molecular formula is C13H14N6. The molecule has 2 aromatic heterocycles. The fraction of sp³-hybridized carbons (Fsp3) is 0.154. The summed E-state index contributed by atoms with van der Waals surface area (Å²) in [6, 6.07) is 8.04. The highest BCUT2D eigenvalue weighted by Gasteiger charge is 2.09. The zero-order valence-electron chi connectivity index (χ0n) is 10.5. The van der Waals surface area contributed by atoms with Crippen LogP contribution in [0.4, 0.5) is 5.69 Å². The van der Waals surface area contributed by atoms with Crippen molar-refractivity contribution >= 4 is 5.69 Å². The van der Waals surface area contributed by atoms with Crippen molar-refractivity contribution in [2.24, 2.45) is 7.05 Å². The van der Waals surface area contributed by atoms with Crippen molar-refractivity contribution in [2.75, 3.05) is 5.32 Å². The molecule has 0 aliphatic rings. The Hall–Kier alpha value is -2.63. The van der Waals surface area contributed by atoms with Crippen LogP contribution in [0.5, 0.6) is 0 Å². The van der Waals surface area contributed by atoms with Crippen LogP contribution in [0.3, 0.4) is 0 Å². The van der Waals surface area contributed by atoms with Crippen LogP contribution in [0.2, 0.25) is 0 Å². The quantitative estimate of drug-likeness (QED) is 0.745. The number of aromatic amines is 1. The number of H-pyrrole nitrogens is 1. The third-order valence-corrected chi connectivity index (χ3v) is 2.90. The number of nitrogens with zero attached hydrogens (tertiary/aromatic N) is 4. The lowest BCUT2D eigenvalue weighted by atomic mass is 10.1. The number of hydrogen-bond acceptors (Lipinski definition) is 4. The maximum atomic E-state index is 4.14. The number of rotatable bonds is 4. The summed E-state index contributed by atoms with van der Waals surface area (Å²) in [6.07, 6.45) is 5.17. The molecule has 0 saturated carbocycles. The van der Waals surface area contributed by atoms with Crippen LogP contribution in [0.1, 0.15) is 5.69 Å². The molecule has 1 aromatic carbocycles. The van der Waals surface area contributed by atoms with Gasteiger partial charge in [0.15, 0.2) is 5.82 Å². The molecule has 0 amide bonds. The third kappa shape index (κ3) is 2.33. The minimum atomic E-state index is 0.689. The molecule has 2 N–H and O–H groups in total. The second-order valence-electron chi connectivity index (χ2n) is 4.24. The van der Waals surface area contributed by atoms with Crippen molar-refractivity contribution < 1.29 is 0 Å². The standard InChI is InChI=1S/C13H14N6/c1-19-9-17-18-13(19)11-4-2-3-5-12(11)15-7-10-6-14-8-16-10/h2-6,8-9,15H,7H2,1H3,(H,14,16). The van der Waals surface area contributed by atoms with E-state index in [-0.39, 0.29) is 0 Å². The van der Waals surface area contributed by atoms with Crippen LogP contribution in [0.15, 0.2) is 43.1 Å². The summed E-state index contributed by atoms with van der Waals surface area (Å²) in [5.41, 5.74) is 3.09. The van der Waals surface area contributed by atoms with Crippen LogP contribution >= 0.6 is 0 Å². The van der Waals surface area contributed by atoms with Crippen LogP contribution in [0, 0.1) is 0 Å². The fourth-order valence-electron chi connectivity index (χ4n) is 1.93. The molecule has 6 heteroatoms. The lowest BCUT2D eigenvalue weighted by Gasteiger charge is -2.10. The highest BCUT2D eigenvalue weighted by atomic mass is 15.2. The number of nitrogens with one attached hydrogen (secondary N) is 2. The number of hydrogen-bond donors (Lipinski definition) is 2. The summed E-state index contributed by atoms with van der Waals surface area (Å²) in [5.74, 6) is 0.840. The smallest absolute Gasteiger partial charge is 0.165 e. The maximum absolute atomic E-state index is 4.14. The first-order valence-electron chi connectivity index (χ1n) is 5.99. The Morgan fingerprint density at radius 3 is 2.95 bits per heavy atom. The lowest BCUT2D eigenvalue weighted by Crippen LogP contribution is -2.02. The Bertz CT molecular complexity index is 655. The molecule has 0 saturated heterocycles. The van der Waals surface area contributed by atoms with Crippen molar-refractivity contribution in [2.45, 2.75) is 6.54 Å². The molecule has 2 heterocycles. The minimum Gasteiger partial charge on any atom is -0.379 e.